The van der Waals surface area contributed by atoms with E-state index in [4.69, 9.17) is 14.2 Å². The molecule has 0 saturated carbocycles. The molecule has 0 aliphatic carbocycles. The fourth-order valence-corrected chi connectivity index (χ4v) is 4.16. The lowest BCUT2D eigenvalue weighted by atomic mass is 10.1. The van der Waals surface area contributed by atoms with E-state index in [9.17, 15) is 14.4 Å². The number of thiophene rings is 1. The van der Waals surface area contributed by atoms with Gasteiger partial charge in [0.05, 0.1) is 19.8 Å². The summed E-state index contributed by atoms with van der Waals surface area (Å²) in [5, 5.41) is 7.04. The lowest BCUT2D eigenvalue weighted by Crippen LogP contribution is -2.16. The number of carbonyl (C=O) groups excluding carboxylic acids is 3. The topological polar surface area (TPSA) is 109 Å². The van der Waals surface area contributed by atoms with E-state index < -0.39 is 17.8 Å². The Balaban J connectivity index is 1.76. The quantitative estimate of drug-likeness (QED) is 0.539. The van der Waals surface area contributed by atoms with Crippen LogP contribution in [0, 0.1) is 20.8 Å². The molecule has 0 bridgehead atoms. The number of nitrogens with one attached hydrogen (secondary N) is 1. The fraction of sp³-hybridized carbons (Fsp3) is 0.273. The van der Waals surface area contributed by atoms with Gasteiger partial charge in [-0.15, -0.1) is 11.3 Å². The van der Waals surface area contributed by atoms with Gasteiger partial charge in [-0.25, -0.2) is 14.3 Å². The molecule has 2 heterocycles. The van der Waals surface area contributed by atoms with E-state index in [0.29, 0.717) is 5.56 Å². The van der Waals surface area contributed by atoms with Crippen molar-refractivity contribution in [1.29, 1.82) is 0 Å². The summed E-state index contributed by atoms with van der Waals surface area (Å²) in [7, 11) is 2.46. The molecule has 0 aliphatic rings. The molecule has 0 spiro atoms. The Hall–Kier alpha value is -3.66. The predicted octanol–water partition coefficient (Wildman–Crippen LogP) is 3.73. The number of hydrogen-bond acceptors (Lipinski definition) is 8. The standard InChI is InChI=1S/C22H23N3O6S/c1-12-6-7-16(13(2)10-12)31-11-25-9-8-15(24-25)19(26)23-20-17(21(27)29-4)14(3)18(32-20)22(28)30-5/h6-10H,11H2,1-5H3,(H,23,26). The van der Waals surface area contributed by atoms with Crippen LogP contribution in [-0.4, -0.2) is 41.8 Å². The minimum atomic E-state index is -0.670. The van der Waals surface area contributed by atoms with Crippen LogP contribution >= 0.6 is 11.3 Å². The molecule has 0 aliphatic heterocycles. The molecule has 0 unspecified atom stereocenters. The summed E-state index contributed by atoms with van der Waals surface area (Å²) in [6, 6.07) is 7.38. The highest BCUT2D eigenvalue weighted by Crippen LogP contribution is 2.34. The maximum Gasteiger partial charge on any atom is 0.348 e. The van der Waals surface area contributed by atoms with E-state index in [1.807, 2.05) is 32.0 Å². The number of esters is 2. The number of methoxy groups -OCH3 is 2. The number of ether oxygens (including phenoxy) is 3. The van der Waals surface area contributed by atoms with Gasteiger partial charge in [-0.1, -0.05) is 17.7 Å². The molecule has 2 aromatic heterocycles. The summed E-state index contributed by atoms with van der Waals surface area (Å²) in [4.78, 5) is 37.1. The molecule has 1 N–H and O–H groups in total. The van der Waals surface area contributed by atoms with Crippen molar-refractivity contribution in [2.75, 3.05) is 19.5 Å². The number of benzene rings is 1. The molecule has 1 amide bonds. The Morgan fingerprint density at radius 1 is 1.06 bits per heavy atom. The lowest BCUT2D eigenvalue weighted by Gasteiger charge is -2.09. The number of aryl methyl sites for hydroxylation is 2. The van der Waals surface area contributed by atoms with Gasteiger partial charge in [0.2, 0.25) is 0 Å². The maximum atomic E-state index is 12.7. The van der Waals surface area contributed by atoms with Gasteiger partial charge in [-0.2, -0.15) is 5.10 Å². The van der Waals surface area contributed by atoms with Crippen LogP contribution in [0.4, 0.5) is 5.00 Å². The second-order valence-electron chi connectivity index (χ2n) is 6.98. The summed E-state index contributed by atoms with van der Waals surface area (Å²) < 4.78 is 16.8. The minimum absolute atomic E-state index is 0.101. The van der Waals surface area contributed by atoms with Gasteiger partial charge in [0.15, 0.2) is 12.4 Å². The predicted molar refractivity (Wildman–Crippen MR) is 118 cm³/mol. The van der Waals surface area contributed by atoms with Crippen LogP contribution in [0.5, 0.6) is 5.75 Å². The zero-order valence-electron chi connectivity index (χ0n) is 18.3. The van der Waals surface area contributed by atoms with Crippen molar-refractivity contribution in [1.82, 2.24) is 9.78 Å². The molecule has 0 saturated heterocycles. The van der Waals surface area contributed by atoms with Crippen molar-refractivity contribution in [3.05, 3.63) is 63.3 Å². The van der Waals surface area contributed by atoms with Crippen LogP contribution in [0.25, 0.3) is 0 Å². The third-order valence-corrected chi connectivity index (χ3v) is 5.88. The second-order valence-corrected chi connectivity index (χ2v) is 8.00. The van der Waals surface area contributed by atoms with Gasteiger partial charge in [-0.05, 0) is 44.0 Å². The molecule has 0 fully saturated rings. The number of carbonyl (C=O) groups is 3. The Labute approximate surface area is 188 Å². The molecule has 168 valence electrons. The molecule has 0 atom stereocenters. The van der Waals surface area contributed by atoms with Crippen LogP contribution < -0.4 is 10.1 Å². The summed E-state index contributed by atoms with van der Waals surface area (Å²) in [5.41, 5.74) is 2.73. The number of nitrogens with zero attached hydrogens (tertiary/aromatic N) is 2. The highest BCUT2D eigenvalue weighted by Gasteiger charge is 2.27. The van der Waals surface area contributed by atoms with E-state index in [0.717, 1.165) is 28.2 Å². The first-order chi connectivity index (χ1) is 15.2. The Kier molecular flexibility index (Phi) is 6.94. The highest BCUT2D eigenvalue weighted by molar-refractivity contribution is 7.18. The van der Waals surface area contributed by atoms with Crippen LogP contribution in [0.1, 0.15) is 47.2 Å². The van der Waals surface area contributed by atoms with Gasteiger partial charge in [0.25, 0.3) is 5.91 Å². The molecule has 3 rings (SSSR count). The second kappa shape index (κ2) is 9.65. The zero-order valence-corrected chi connectivity index (χ0v) is 19.2. The van der Waals surface area contributed by atoms with Crippen molar-refractivity contribution in [2.24, 2.45) is 0 Å². The maximum absolute atomic E-state index is 12.7. The van der Waals surface area contributed by atoms with E-state index in [2.05, 4.69) is 10.4 Å². The Morgan fingerprint density at radius 2 is 1.78 bits per heavy atom. The van der Waals surface area contributed by atoms with Crippen molar-refractivity contribution in [3.8, 4) is 5.75 Å². The largest absolute Gasteiger partial charge is 0.471 e. The van der Waals surface area contributed by atoms with Crippen LogP contribution in [0.15, 0.2) is 30.5 Å². The van der Waals surface area contributed by atoms with Gasteiger partial charge < -0.3 is 19.5 Å². The van der Waals surface area contributed by atoms with Crippen LogP contribution in [0.3, 0.4) is 0 Å². The van der Waals surface area contributed by atoms with Gasteiger partial charge in [-0.3, -0.25) is 4.79 Å². The first kappa shape index (κ1) is 23.0. The van der Waals surface area contributed by atoms with E-state index in [1.165, 1.54) is 25.0 Å². The molecule has 32 heavy (non-hydrogen) atoms. The fourth-order valence-electron chi connectivity index (χ4n) is 3.06. The average molecular weight is 458 g/mol. The Morgan fingerprint density at radius 3 is 2.44 bits per heavy atom. The number of hydrogen-bond donors (Lipinski definition) is 1. The number of anilines is 1. The van der Waals surface area contributed by atoms with Crippen LogP contribution in [-0.2, 0) is 16.2 Å². The molecule has 10 heteroatoms. The number of rotatable bonds is 7. The van der Waals surface area contributed by atoms with Crippen LogP contribution in [0.2, 0.25) is 0 Å². The van der Waals surface area contributed by atoms with Crippen molar-refractivity contribution in [2.45, 2.75) is 27.5 Å². The molecule has 3 aromatic rings. The van der Waals surface area contributed by atoms with Gasteiger partial charge >= 0.3 is 11.9 Å². The monoisotopic (exact) mass is 457 g/mol. The zero-order chi connectivity index (χ0) is 23.4. The minimum Gasteiger partial charge on any atom is -0.471 e. The smallest absolute Gasteiger partial charge is 0.348 e. The summed E-state index contributed by atoms with van der Waals surface area (Å²) in [5.74, 6) is -1.09. The third-order valence-electron chi connectivity index (χ3n) is 4.69. The highest BCUT2D eigenvalue weighted by atomic mass is 32.1. The van der Waals surface area contributed by atoms with E-state index in [-0.39, 0.29) is 27.9 Å². The van der Waals surface area contributed by atoms with Gasteiger partial charge in [0.1, 0.15) is 15.6 Å². The van der Waals surface area contributed by atoms with Gasteiger partial charge in [0, 0.05) is 6.20 Å². The molecule has 1 aromatic carbocycles. The Bertz CT molecular complexity index is 1180. The summed E-state index contributed by atoms with van der Waals surface area (Å²) in [6.07, 6.45) is 1.61. The number of aromatic nitrogens is 2. The average Bonchev–Trinajstić information content (AvgIpc) is 3.37. The number of amides is 1. The van der Waals surface area contributed by atoms with Crippen molar-refractivity contribution < 1.29 is 28.6 Å². The normalized spacial score (nSPS) is 10.5. The van der Waals surface area contributed by atoms with E-state index >= 15 is 0 Å². The van der Waals surface area contributed by atoms with Crippen molar-refractivity contribution in [3.63, 3.8) is 0 Å². The molecule has 9 nitrogen and oxygen atoms in total. The lowest BCUT2D eigenvalue weighted by molar-refractivity contribution is 0.0601. The summed E-state index contributed by atoms with van der Waals surface area (Å²) in [6.45, 7) is 5.66. The SMILES string of the molecule is COC(=O)c1sc(NC(=O)c2ccn(COc3ccc(C)cc3C)n2)c(C(=O)OC)c1C. The first-order valence-electron chi connectivity index (χ1n) is 9.60. The molecular formula is C22H23N3O6S. The van der Waals surface area contributed by atoms with Crippen molar-refractivity contribution >= 4 is 34.2 Å². The molecule has 0 radical (unpaired) electrons. The third kappa shape index (κ3) is 4.80. The van der Waals surface area contributed by atoms with E-state index in [1.54, 1.807) is 13.1 Å². The summed E-state index contributed by atoms with van der Waals surface area (Å²) >= 11 is 0.936. The first-order valence-corrected chi connectivity index (χ1v) is 10.4. The molecular weight excluding hydrogens is 434 g/mol.